The van der Waals surface area contributed by atoms with Gasteiger partial charge in [-0.1, -0.05) is 17.7 Å². The second-order valence-corrected chi connectivity index (χ2v) is 8.79. The summed E-state index contributed by atoms with van der Waals surface area (Å²) in [4.78, 5) is 53.4. The van der Waals surface area contributed by atoms with Crippen LogP contribution in [-0.2, 0) is 9.59 Å². The number of nitrogens with zero attached hydrogens (tertiary/aromatic N) is 3. The van der Waals surface area contributed by atoms with Crippen molar-refractivity contribution in [3.63, 3.8) is 0 Å². The summed E-state index contributed by atoms with van der Waals surface area (Å²) >= 11 is 5.99. The smallest absolute Gasteiger partial charge is 0.305 e. The third-order valence-electron chi connectivity index (χ3n) is 5.39. The second kappa shape index (κ2) is 12.1. The quantitative estimate of drug-likeness (QED) is 0.433. The molecule has 1 atom stereocenters. The fourth-order valence-corrected chi connectivity index (χ4v) is 3.63. The number of carboxylic acid groups (broad SMARTS) is 1. The van der Waals surface area contributed by atoms with Gasteiger partial charge in [-0.05, 0) is 68.7 Å². The number of carbonyl (C=O) groups excluding carboxylic acids is 2. The Labute approximate surface area is 213 Å². The number of hydrogen-bond donors (Lipinski definition) is 2. The first-order valence-corrected chi connectivity index (χ1v) is 11.6. The number of halogens is 1. The van der Waals surface area contributed by atoms with Crippen molar-refractivity contribution in [2.75, 3.05) is 32.1 Å². The first-order chi connectivity index (χ1) is 17.2. The summed E-state index contributed by atoms with van der Waals surface area (Å²) < 4.78 is 1.42. The molecule has 9 nitrogen and oxygen atoms in total. The number of benzene rings is 2. The first kappa shape index (κ1) is 26.7. The Morgan fingerprint density at radius 2 is 1.64 bits per heavy atom. The molecule has 0 saturated carbocycles. The van der Waals surface area contributed by atoms with Crippen LogP contribution in [0.15, 0.2) is 77.7 Å². The molecule has 2 N–H and O–H groups in total. The summed E-state index contributed by atoms with van der Waals surface area (Å²) in [5, 5.41) is 12.5. The van der Waals surface area contributed by atoms with Gasteiger partial charge < -0.3 is 20.2 Å². The van der Waals surface area contributed by atoms with Crippen molar-refractivity contribution < 1.29 is 19.5 Å². The van der Waals surface area contributed by atoms with Crippen molar-refractivity contribution >= 4 is 35.1 Å². The number of hydrogen-bond acceptors (Lipinski definition) is 5. The molecule has 0 aliphatic rings. The zero-order chi connectivity index (χ0) is 26.2. The molecule has 0 unspecified atom stereocenters. The Morgan fingerprint density at radius 1 is 0.972 bits per heavy atom. The summed E-state index contributed by atoms with van der Waals surface area (Å²) in [6, 6.07) is 16.3. The monoisotopic (exact) mass is 510 g/mol. The van der Waals surface area contributed by atoms with Gasteiger partial charge in [0.2, 0.25) is 5.91 Å². The molecule has 0 spiro atoms. The van der Waals surface area contributed by atoms with Crippen molar-refractivity contribution in [3.05, 3.63) is 93.9 Å². The van der Waals surface area contributed by atoms with Crippen LogP contribution in [0.3, 0.4) is 0 Å². The zero-order valence-electron chi connectivity index (χ0n) is 19.9. The van der Waals surface area contributed by atoms with E-state index < -0.39 is 30.2 Å². The molecule has 0 aliphatic carbocycles. The highest BCUT2D eigenvalue weighted by molar-refractivity contribution is 6.30. The van der Waals surface area contributed by atoms with Gasteiger partial charge in [-0.15, -0.1) is 0 Å². The van der Waals surface area contributed by atoms with Gasteiger partial charge in [0.1, 0.15) is 6.04 Å². The van der Waals surface area contributed by atoms with Crippen LogP contribution in [0, 0.1) is 0 Å². The standard InChI is InChI=1S/C26H27ClN4O5/c1-29(2)15-16-31(21-12-8-19(27)9-13-21)26(36)22(17-24(33)34)28-25(35)18-6-10-20(11-7-18)30-14-4-3-5-23(30)32/h3-14,22H,15-17H2,1-2H3,(H,28,35)(H,33,34)/t22-/m0/s1. The lowest BCUT2D eigenvalue weighted by Crippen LogP contribution is -2.51. The molecule has 1 aromatic heterocycles. The SMILES string of the molecule is CN(C)CCN(C(=O)[C@H](CC(=O)O)NC(=O)c1ccc(-n2ccccc2=O)cc1)c1ccc(Cl)cc1. The van der Waals surface area contributed by atoms with Crippen LogP contribution < -0.4 is 15.8 Å². The molecule has 1 heterocycles. The molecule has 0 radical (unpaired) electrons. The van der Waals surface area contributed by atoms with E-state index in [1.807, 2.05) is 19.0 Å². The van der Waals surface area contributed by atoms with Gasteiger partial charge >= 0.3 is 5.97 Å². The third-order valence-corrected chi connectivity index (χ3v) is 5.64. The van der Waals surface area contributed by atoms with Gasteiger partial charge in [0.25, 0.3) is 11.5 Å². The summed E-state index contributed by atoms with van der Waals surface area (Å²) in [5.41, 5.74) is 1.10. The topological polar surface area (TPSA) is 112 Å². The maximum Gasteiger partial charge on any atom is 0.305 e. The summed E-state index contributed by atoms with van der Waals surface area (Å²) in [7, 11) is 3.71. The van der Waals surface area contributed by atoms with Crippen LogP contribution in [0.1, 0.15) is 16.8 Å². The van der Waals surface area contributed by atoms with Gasteiger partial charge in [0.05, 0.1) is 6.42 Å². The summed E-state index contributed by atoms with van der Waals surface area (Å²) in [6.07, 6.45) is 1.02. The molecular formula is C26H27ClN4O5. The molecule has 3 rings (SSSR count). The Balaban J connectivity index is 1.83. The average Bonchev–Trinajstić information content (AvgIpc) is 2.84. The highest BCUT2D eigenvalue weighted by Crippen LogP contribution is 2.20. The van der Waals surface area contributed by atoms with Crippen LogP contribution in [0.5, 0.6) is 0 Å². The highest BCUT2D eigenvalue weighted by Gasteiger charge is 2.29. The molecule has 188 valence electrons. The third kappa shape index (κ3) is 7.03. The minimum atomic E-state index is -1.30. The van der Waals surface area contributed by atoms with Crippen molar-refractivity contribution in [2.45, 2.75) is 12.5 Å². The van der Waals surface area contributed by atoms with Crippen LogP contribution in [0.2, 0.25) is 5.02 Å². The maximum absolute atomic E-state index is 13.5. The number of nitrogens with one attached hydrogen (secondary N) is 1. The number of aliphatic carboxylic acids is 1. The molecule has 0 fully saturated rings. The fraction of sp³-hybridized carbons (Fsp3) is 0.231. The van der Waals surface area contributed by atoms with Crippen LogP contribution in [0.25, 0.3) is 5.69 Å². The van der Waals surface area contributed by atoms with E-state index in [1.54, 1.807) is 54.7 Å². The Bertz CT molecular complexity index is 1270. The van der Waals surface area contributed by atoms with E-state index in [4.69, 9.17) is 11.6 Å². The van der Waals surface area contributed by atoms with Gasteiger partial charge in [-0.25, -0.2) is 0 Å². The molecule has 2 amide bonds. The van der Waals surface area contributed by atoms with E-state index in [0.717, 1.165) is 0 Å². The Kier molecular flexibility index (Phi) is 8.99. The fourth-order valence-electron chi connectivity index (χ4n) is 3.51. The Hall–Kier alpha value is -3.95. The normalized spacial score (nSPS) is 11.7. The number of aromatic nitrogens is 1. The summed E-state index contributed by atoms with van der Waals surface area (Å²) in [5.74, 6) is -2.39. The lowest BCUT2D eigenvalue weighted by Gasteiger charge is -2.28. The van der Waals surface area contributed by atoms with Crippen molar-refractivity contribution in [2.24, 2.45) is 0 Å². The van der Waals surface area contributed by atoms with Gasteiger partial charge in [-0.3, -0.25) is 23.7 Å². The molecule has 0 bridgehead atoms. The largest absolute Gasteiger partial charge is 0.481 e. The van der Waals surface area contributed by atoms with Gasteiger partial charge in [0.15, 0.2) is 0 Å². The van der Waals surface area contributed by atoms with E-state index in [-0.39, 0.29) is 17.7 Å². The molecule has 0 aliphatic heterocycles. The lowest BCUT2D eigenvalue weighted by molar-refractivity contribution is -0.139. The molecule has 10 heteroatoms. The molecule has 0 saturated heterocycles. The predicted octanol–water partition coefficient (Wildman–Crippen LogP) is 2.66. The predicted molar refractivity (Wildman–Crippen MR) is 138 cm³/mol. The van der Waals surface area contributed by atoms with Crippen LogP contribution >= 0.6 is 11.6 Å². The van der Waals surface area contributed by atoms with E-state index in [2.05, 4.69) is 5.32 Å². The van der Waals surface area contributed by atoms with Crippen LogP contribution in [0.4, 0.5) is 5.69 Å². The van der Waals surface area contributed by atoms with E-state index in [9.17, 15) is 24.3 Å². The minimum Gasteiger partial charge on any atom is -0.481 e. The van der Waals surface area contributed by atoms with E-state index in [1.165, 1.54) is 27.7 Å². The van der Waals surface area contributed by atoms with E-state index in [0.29, 0.717) is 22.9 Å². The lowest BCUT2D eigenvalue weighted by atomic mass is 10.1. The molecule has 2 aromatic carbocycles. The number of carbonyl (C=O) groups is 3. The summed E-state index contributed by atoms with van der Waals surface area (Å²) in [6.45, 7) is 0.794. The van der Waals surface area contributed by atoms with Crippen molar-refractivity contribution in [3.8, 4) is 5.69 Å². The molecule has 3 aromatic rings. The number of anilines is 1. The number of rotatable bonds is 10. The number of pyridine rings is 1. The molecular weight excluding hydrogens is 484 g/mol. The van der Waals surface area contributed by atoms with E-state index >= 15 is 0 Å². The van der Waals surface area contributed by atoms with Crippen LogP contribution in [-0.4, -0.2) is 65.6 Å². The maximum atomic E-state index is 13.5. The van der Waals surface area contributed by atoms with Gasteiger partial charge in [-0.2, -0.15) is 0 Å². The van der Waals surface area contributed by atoms with Crippen molar-refractivity contribution in [1.29, 1.82) is 0 Å². The number of carboxylic acids is 1. The number of likely N-dealkylation sites (N-methyl/N-ethyl adjacent to an activating group) is 1. The van der Waals surface area contributed by atoms with Gasteiger partial charge in [0, 0.05) is 47.3 Å². The second-order valence-electron chi connectivity index (χ2n) is 8.35. The zero-order valence-corrected chi connectivity index (χ0v) is 20.7. The highest BCUT2D eigenvalue weighted by atomic mass is 35.5. The first-order valence-electron chi connectivity index (χ1n) is 11.2. The molecule has 36 heavy (non-hydrogen) atoms. The Morgan fingerprint density at radius 3 is 2.22 bits per heavy atom. The van der Waals surface area contributed by atoms with Crippen molar-refractivity contribution in [1.82, 2.24) is 14.8 Å². The average molecular weight is 511 g/mol. The minimum absolute atomic E-state index is 0.220. The number of amides is 2.